The second-order valence-electron chi connectivity index (χ2n) is 3.02. The van der Waals surface area contributed by atoms with Crippen LogP contribution in [0.15, 0.2) is 30.3 Å². The van der Waals surface area contributed by atoms with Gasteiger partial charge in [-0.15, -0.1) is 0 Å². The Morgan fingerprint density at radius 3 is 2.31 bits per heavy atom. The number of halogens is 1. The highest BCUT2D eigenvalue weighted by Gasteiger charge is 2.13. The molecule has 0 aliphatic carbocycles. The lowest BCUT2D eigenvalue weighted by Gasteiger charge is -2.08. The fourth-order valence-corrected chi connectivity index (χ4v) is 2.53. The molecule has 1 atom stereocenters. The Hall–Kier alpha value is -0.540. The summed E-state index contributed by atoms with van der Waals surface area (Å²) in [6, 6.07) is 9.45. The molecule has 0 heterocycles. The van der Waals surface area contributed by atoms with Crippen LogP contribution in [0.4, 0.5) is 0 Å². The minimum Gasteiger partial charge on any atom is -0.212 e. The van der Waals surface area contributed by atoms with Crippen LogP contribution in [0.1, 0.15) is 18.4 Å². The van der Waals surface area contributed by atoms with E-state index in [4.69, 9.17) is 10.7 Å². The summed E-state index contributed by atoms with van der Waals surface area (Å²) < 4.78 is 21.6. The fourth-order valence-electron chi connectivity index (χ4n) is 1.18. The molecule has 0 aliphatic rings. The van der Waals surface area contributed by atoms with Crippen LogP contribution in [0.5, 0.6) is 0 Å². The first-order chi connectivity index (χ1) is 5.99. The van der Waals surface area contributed by atoms with Gasteiger partial charge in [0, 0.05) is 10.7 Å². The first-order valence-corrected chi connectivity index (χ1v) is 6.44. The average molecular weight is 219 g/mol. The van der Waals surface area contributed by atoms with Crippen molar-refractivity contribution in [3.63, 3.8) is 0 Å². The Kier molecular flexibility index (Phi) is 3.33. The Balaban J connectivity index is 2.76. The molecule has 0 amide bonds. The van der Waals surface area contributed by atoms with Crippen molar-refractivity contribution in [1.29, 1.82) is 0 Å². The third-order valence-corrected chi connectivity index (χ3v) is 3.09. The molecule has 4 heteroatoms. The molecule has 0 spiro atoms. The van der Waals surface area contributed by atoms with Crippen LogP contribution in [-0.2, 0) is 9.05 Å². The maximum Gasteiger partial charge on any atom is 0.233 e. The first-order valence-electron chi connectivity index (χ1n) is 3.96. The van der Waals surface area contributed by atoms with E-state index in [0.717, 1.165) is 5.56 Å². The molecule has 0 saturated heterocycles. The van der Waals surface area contributed by atoms with Crippen molar-refractivity contribution < 1.29 is 8.42 Å². The zero-order valence-electron chi connectivity index (χ0n) is 7.27. The van der Waals surface area contributed by atoms with Crippen molar-refractivity contribution >= 4 is 19.7 Å². The highest BCUT2D eigenvalue weighted by Crippen LogP contribution is 2.17. The Morgan fingerprint density at radius 2 is 1.85 bits per heavy atom. The molecule has 1 rings (SSSR count). The Bertz CT molecular complexity index is 358. The molecular weight excluding hydrogens is 208 g/mol. The molecule has 0 N–H and O–H groups in total. The standard InChI is InChI=1S/C9H11ClO2S/c1-8(7-13(10,11)12)9-5-3-2-4-6-9/h2-6,8H,7H2,1H3/t8-/m1/s1. The van der Waals surface area contributed by atoms with Crippen molar-refractivity contribution in [2.24, 2.45) is 0 Å². The molecule has 0 aromatic heterocycles. The quantitative estimate of drug-likeness (QED) is 0.730. The van der Waals surface area contributed by atoms with Gasteiger partial charge in [-0.3, -0.25) is 0 Å². The molecule has 0 radical (unpaired) electrons. The highest BCUT2D eigenvalue weighted by molar-refractivity contribution is 8.13. The van der Waals surface area contributed by atoms with Crippen LogP contribution in [0.2, 0.25) is 0 Å². The normalized spacial score (nSPS) is 14.0. The van der Waals surface area contributed by atoms with Gasteiger partial charge < -0.3 is 0 Å². The molecule has 0 fully saturated rings. The second kappa shape index (κ2) is 4.11. The molecule has 0 unspecified atom stereocenters. The summed E-state index contributed by atoms with van der Waals surface area (Å²) >= 11 is 0. The molecular formula is C9H11ClO2S. The van der Waals surface area contributed by atoms with Gasteiger partial charge in [-0.2, -0.15) is 0 Å². The molecule has 0 aliphatic heterocycles. The van der Waals surface area contributed by atoms with E-state index in [1.165, 1.54) is 0 Å². The number of rotatable bonds is 3. The van der Waals surface area contributed by atoms with E-state index in [0.29, 0.717) is 0 Å². The Labute approximate surface area is 83.0 Å². The average Bonchev–Trinajstić information content (AvgIpc) is 2.03. The van der Waals surface area contributed by atoms with Crippen LogP contribution in [0, 0.1) is 0 Å². The number of hydrogen-bond acceptors (Lipinski definition) is 2. The summed E-state index contributed by atoms with van der Waals surface area (Å²) in [5, 5.41) is 0. The van der Waals surface area contributed by atoms with Gasteiger partial charge in [0.15, 0.2) is 0 Å². The predicted octanol–water partition coefficient (Wildman–Crippen LogP) is 2.36. The van der Waals surface area contributed by atoms with E-state index in [2.05, 4.69) is 0 Å². The lowest BCUT2D eigenvalue weighted by molar-refractivity contribution is 0.604. The molecule has 0 bridgehead atoms. The van der Waals surface area contributed by atoms with Crippen molar-refractivity contribution in [3.05, 3.63) is 35.9 Å². The monoisotopic (exact) mass is 218 g/mol. The van der Waals surface area contributed by atoms with E-state index >= 15 is 0 Å². The minimum absolute atomic E-state index is 0.0153. The Morgan fingerprint density at radius 1 is 1.31 bits per heavy atom. The predicted molar refractivity (Wildman–Crippen MR) is 54.5 cm³/mol. The summed E-state index contributed by atoms with van der Waals surface area (Å²) in [4.78, 5) is 0. The molecule has 13 heavy (non-hydrogen) atoms. The van der Waals surface area contributed by atoms with Crippen molar-refractivity contribution in [3.8, 4) is 0 Å². The topological polar surface area (TPSA) is 34.1 Å². The van der Waals surface area contributed by atoms with Gasteiger partial charge in [0.1, 0.15) is 0 Å². The SMILES string of the molecule is C[C@H](CS(=O)(=O)Cl)c1ccccc1. The molecule has 2 nitrogen and oxygen atoms in total. The molecule has 1 aromatic carbocycles. The van der Waals surface area contributed by atoms with Gasteiger partial charge in [0.05, 0.1) is 5.75 Å². The summed E-state index contributed by atoms with van der Waals surface area (Å²) in [5.41, 5.74) is 0.992. The van der Waals surface area contributed by atoms with Gasteiger partial charge in [0.2, 0.25) is 9.05 Å². The van der Waals surface area contributed by atoms with Crippen LogP contribution in [-0.4, -0.2) is 14.2 Å². The summed E-state index contributed by atoms with van der Waals surface area (Å²) in [7, 11) is 1.75. The zero-order chi connectivity index (χ0) is 9.90. The maximum atomic E-state index is 10.8. The lowest BCUT2D eigenvalue weighted by Crippen LogP contribution is -2.06. The van der Waals surface area contributed by atoms with Gasteiger partial charge in [0.25, 0.3) is 0 Å². The number of hydrogen-bond donors (Lipinski definition) is 0. The molecule has 0 saturated carbocycles. The van der Waals surface area contributed by atoms with Crippen LogP contribution >= 0.6 is 10.7 Å². The van der Waals surface area contributed by atoms with Gasteiger partial charge in [-0.05, 0) is 11.5 Å². The number of benzene rings is 1. The molecule has 1 aromatic rings. The van der Waals surface area contributed by atoms with Gasteiger partial charge in [-0.1, -0.05) is 37.3 Å². The van der Waals surface area contributed by atoms with E-state index in [-0.39, 0.29) is 11.7 Å². The summed E-state index contributed by atoms with van der Waals surface area (Å²) in [6.45, 7) is 1.84. The lowest BCUT2D eigenvalue weighted by atomic mass is 10.0. The van der Waals surface area contributed by atoms with Crippen LogP contribution < -0.4 is 0 Å². The summed E-state index contributed by atoms with van der Waals surface area (Å²) in [5.74, 6) is -0.0674. The third-order valence-electron chi connectivity index (χ3n) is 1.82. The van der Waals surface area contributed by atoms with Gasteiger partial charge in [-0.25, -0.2) is 8.42 Å². The highest BCUT2D eigenvalue weighted by atomic mass is 35.7. The van der Waals surface area contributed by atoms with Crippen LogP contribution in [0.3, 0.4) is 0 Å². The smallest absolute Gasteiger partial charge is 0.212 e. The first kappa shape index (κ1) is 10.5. The maximum absolute atomic E-state index is 10.8. The molecule has 72 valence electrons. The van der Waals surface area contributed by atoms with E-state index in [9.17, 15) is 8.42 Å². The fraction of sp³-hybridized carbons (Fsp3) is 0.333. The second-order valence-corrected chi connectivity index (χ2v) is 5.84. The van der Waals surface area contributed by atoms with E-state index < -0.39 is 9.05 Å². The van der Waals surface area contributed by atoms with Crippen molar-refractivity contribution in [2.75, 3.05) is 5.75 Å². The minimum atomic E-state index is -3.40. The largest absolute Gasteiger partial charge is 0.233 e. The summed E-state index contributed by atoms with van der Waals surface area (Å²) in [6.07, 6.45) is 0. The van der Waals surface area contributed by atoms with Crippen LogP contribution in [0.25, 0.3) is 0 Å². The van der Waals surface area contributed by atoms with Gasteiger partial charge >= 0.3 is 0 Å². The third kappa shape index (κ3) is 3.79. The van der Waals surface area contributed by atoms with Crippen molar-refractivity contribution in [2.45, 2.75) is 12.8 Å². The zero-order valence-corrected chi connectivity index (χ0v) is 8.85. The van der Waals surface area contributed by atoms with E-state index in [1.807, 2.05) is 37.3 Å². The van der Waals surface area contributed by atoms with E-state index in [1.54, 1.807) is 0 Å². The van der Waals surface area contributed by atoms with Crippen molar-refractivity contribution in [1.82, 2.24) is 0 Å².